The van der Waals surface area contributed by atoms with Crippen molar-refractivity contribution in [2.45, 2.75) is 46.1 Å². The quantitative estimate of drug-likeness (QED) is 0.548. The van der Waals surface area contributed by atoms with E-state index in [1.54, 1.807) is 21.6 Å². The van der Waals surface area contributed by atoms with Gasteiger partial charge in [-0.3, -0.25) is 18.9 Å². The molecule has 0 spiro atoms. The molecule has 6 nitrogen and oxygen atoms in total. The van der Waals surface area contributed by atoms with Crippen LogP contribution in [0.2, 0.25) is 0 Å². The summed E-state index contributed by atoms with van der Waals surface area (Å²) in [5.41, 5.74) is 1.90. The molecular formula is C21H24N4O2S2. The van der Waals surface area contributed by atoms with Crippen LogP contribution in [-0.2, 0) is 4.79 Å². The summed E-state index contributed by atoms with van der Waals surface area (Å²) < 4.78 is 2.11. The Bertz CT molecular complexity index is 1090. The van der Waals surface area contributed by atoms with Crippen LogP contribution in [0.5, 0.6) is 0 Å². The Morgan fingerprint density at radius 3 is 2.72 bits per heavy atom. The number of amides is 1. The minimum absolute atomic E-state index is 0.0323. The van der Waals surface area contributed by atoms with Gasteiger partial charge in [-0.2, -0.15) is 0 Å². The van der Waals surface area contributed by atoms with Crippen molar-refractivity contribution in [3.8, 4) is 0 Å². The number of anilines is 1. The molecule has 0 N–H and O–H groups in total. The lowest BCUT2D eigenvalue weighted by Crippen LogP contribution is -2.36. The first-order valence-electron chi connectivity index (χ1n) is 9.96. The predicted octanol–water partition coefficient (Wildman–Crippen LogP) is 3.60. The van der Waals surface area contributed by atoms with E-state index in [0.717, 1.165) is 37.9 Å². The summed E-state index contributed by atoms with van der Waals surface area (Å²) in [5, 5.41) is 0. The fourth-order valence-corrected chi connectivity index (χ4v) is 5.21. The van der Waals surface area contributed by atoms with Gasteiger partial charge >= 0.3 is 0 Å². The zero-order chi connectivity index (χ0) is 20.7. The molecule has 2 aromatic rings. The zero-order valence-electron chi connectivity index (χ0n) is 16.8. The largest absolute Gasteiger partial charge is 0.356 e. The van der Waals surface area contributed by atoms with Gasteiger partial charge in [0.25, 0.3) is 11.5 Å². The normalized spacial score (nSPS) is 19.8. The molecule has 0 bridgehead atoms. The fraction of sp³-hybridized carbons (Fsp3) is 0.429. The highest BCUT2D eigenvalue weighted by atomic mass is 32.2. The van der Waals surface area contributed by atoms with Crippen LogP contribution in [0.4, 0.5) is 5.82 Å². The zero-order valence-corrected chi connectivity index (χ0v) is 18.5. The summed E-state index contributed by atoms with van der Waals surface area (Å²) in [5.74, 6) is 0.533. The molecule has 0 radical (unpaired) electrons. The highest BCUT2D eigenvalue weighted by Crippen LogP contribution is 2.35. The maximum Gasteiger partial charge on any atom is 0.267 e. The van der Waals surface area contributed by atoms with E-state index in [4.69, 9.17) is 17.2 Å². The summed E-state index contributed by atoms with van der Waals surface area (Å²) in [7, 11) is 0. The van der Waals surface area contributed by atoms with E-state index < -0.39 is 0 Å². The van der Waals surface area contributed by atoms with E-state index in [2.05, 4.69) is 4.90 Å². The highest BCUT2D eigenvalue weighted by molar-refractivity contribution is 8.26. The summed E-state index contributed by atoms with van der Waals surface area (Å²) >= 11 is 6.70. The lowest BCUT2D eigenvalue weighted by atomic mass is 10.2. The second-order valence-corrected chi connectivity index (χ2v) is 9.22. The fourth-order valence-electron chi connectivity index (χ4n) is 3.77. The molecule has 1 amide bonds. The van der Waals surface area contributed by atoms with E-state index in [-0.39, 0.29) is 17.5 Å². The Balaban J connectivity index is 1.89. The number of hydrogen-bond acceptors (Lipinski definition) is 6. The van der Waals surface area contributed by atoms with Gasteiger partial charge in [-0.15, -0.1) is 0 Å². The van der Waals surface area contributed by atoms with Crippen molar-refractivity contribution < 1.29 is 4.79 Å². The Hall–Kier alpha value is -2.19. The van der Waals surface area contributed by atoms with E-state index in [1.165, 1.54) is 11.8 Å². The van der Waals surface area contributed by atoms with Gasteiger partial charge in [-0.1, -0.05) is 37.0 Å². The number of carbonyl (C=O) groups excluding carboxylic acids is 1. The topological polar surface area (TPSA) is 57.9 Å². The molecule has 4 heterocycles. The first-order chi connectivity index (χ1) is 13.9. The molecule has 2 aliphatic rings. The van der Waals surface area contributed by atoms with Crippen molar-refractivity contribution in [3.05, 3.63) is 44.7 Å². The molecule has 2 aliphatic heterocycles. The van der Waals surface area contributed by atoms with Gasteiger partial charge in [-0.25, -0.2) is 4.98 Å². The van der Waals surface area contributed by atoms with Crippen molar-refractivity contribution >= 4 is 51.7 Å². The van der Waals surface area contributed by atoms with Gasteiger partial charge < -0.3 is 4.90 Å². The molecule has 2 fully saturated rings. The van der Waals surface area contributed by atoms with Gasteiger partial charge in [0.2, 0.25) is 0 Å². The molecule has 29 heavy (non-hydrogen) atoms. The maximum atomic E-state index is 13.4. The van der Waals surface area contributed by atoms with Gasteiger partial charge in [0, 0.05) is 25.3 Å². The minimum Gasteiger partial charge on any atom is -0.356 e. The van der Waals surface area contributed by atoms with Crippen LogP contribution >= 0.6 is 24.0 Å². The second-order valence-electron chi connectivity index (χ2n) is 7.54. The van der Waals surface area contributed by atoms with Gasteiger partial charge in [0.05, 0.1) is 10.5 Å². The summed E-state index contributed by atoms with van der Waals surface area (Å²) in [4.78, 5) is 35.5. The first-order valence-corrected chi connectivity index (χ1v) is 11.2. The molecule has 4 rings (SSSR count). The second kappa shape index (κ2) is 7.91. The predicted molar refractivity (Wildman–Crippen MR) is 122 cm³/mol. The highest BCUT2D eigenvalue weighted by Gasteiger charge is 2.35. The molecular weight excluding hydrogens is 404 g/mol. The Morgan fingerprint density at radius 1 is 1.31 bits per heavy atom. The molecule has 1 unspecified atom stereocenters. The van der Waals surface area contributed by atoms with Crippen LogP contribution in [-0.4, -0.2) is 43.6 Å². The van der Waals surface area contributed by atoms with Crippen LogP contribution in [0, 0.1) is 6.92 Å². The third kappa shape index (κ3) is 3.48. The standard InChI is InChI=1S/C21H24N4O2S2/c1-4-14(3)25-20(27)16(29-21(25)28)12-15-18(23-9-5-6-10-23)22-17-13(2)8-7-11-24(17)19(15)26/h7-8,11-12,14H,4-6,9-10H2,1-3H3/b16-12-. The van der Waals surface area contributed by atoms with Crippen LogP contribution < -0.4 is 10.5 Å². The molecule has 1 atom stereocenters. The van der Waals surface area contributed by atoms with Crippen LogP contribution in [0.15, 0.2) is 28.0 Å². The number of rotatable bonds is 4. The van der Waals surface area contributed by atoms with E-state index in [1.807, 2.05) is 32.9 Å². The molecule has 2 saturated heterocycles. The van der Waals surface area contributed by atoms with Crippen LogP contribution in [0.25, 0.3) is 11.7 Å². The number of hydrogen-bond donors (Lipinski definition) is 0. The van der Waals surface area contributed by atoms with E-state index in [9.17, 15) is 9.59 Å². The van der Waals surface area contributed by atoms with Crippen LogP contribution in [0.1, 0.15) is 44.2 Å². The number of aromatic nitrogens is 2. The number of fused-ring (bicyclic) bond motifs is 1. The number of pyridine rings is 1. The monoisotopic (exact) mass is 428 g/mol. The third-order valence-electron chi connectivity index (χ3n) is 5.60. The van der Waals surface area contributed by atoms with Gasteiger partial charge in [0.1, 0.15) is 15.8 Å². The van der Waals surface area contributed by atoms with E-state index >= 15 is 0 Å². The number of thioether (sulfide) groups is 1. The van der Waals surface area contributed by atoms with Crippen molar-refractivity contribution in [3.63, 3.8) is 0 Å². The summed E-state index contributed by atoms with van der Waals surface area (Å²) in [6.45, 7) is 7.69. The summed E-state index contributed by atoms with van der Waals surface area (Å²) in [6.07, 6.45) is 6.39. The van der Waals surface area contributed by atoms with Crippen molar-refractivity contribution in [1.29, 1.82) is 0 Å². The molecule has 0 aliphatic carbocycles. The smallest absolute Gasteiger partial charge is 0.267 e. The molecule has 152 valence electrons. The van der Waals surface area contributed by atoms with Crippen molar-refractivity contribution in [2.75, 3.05) is 18.0 Å². The summed E-state index contributed by atoms with van der Waals surface area (Å²) in [6, 6.07) is 3.82. The Kier molecular flexibility index (Phi) is 5.48. The molecule has 0 saturated carbocycles. The molecule has 2 aromatic heterocycles. The van der Waals surface area contributed by atoms with Crippen LogP contribution in [0.3, 0.4) is 0 Å². The van der Waals surface area contributed by atoms with Crippen molar-refractivity contribution in [1.82, 2.24) is 14.3 Å². The number of carbonyl (C=O) groups is 1. The molecule has 8 heteroatoms. The third-order valence-corrected chi connectivity index (χ3v) is 6.93. The lowest BCUT2D eigenvalue weighted by molar-refractivity contribution is -0.123. The SMILES string of the molecule is CCC(C)N1C(=O)/C(=C/c2c(N3CCCC3)nc3c(C)cccn3c2=O)SC1=S. The minimum atomic E-state index is -0.158. The van der Waals surface area contributed by atoms with Gasteiger partial charge in [0.15, 0.2) is 0 Å². The van der Waals surface area contributed by atoms with Crippen molar-refractivity contribution in [2.24, 2.45) is 0 Å². The number of aryl methyl sites for hydroxylation is 1. The van der Waals surface area contributed by atoms with Gasteiger partial charge in [-0.05, 0) is 50.8 Å². The first kappa shape index (κ1) is 20.1. The number of thiocarbonyl (C=S) groups is 1. The number of nitrogens with zero attached hydrogens (tertiary/aromatic N) is 4. The Labute approximate surface area is 179 Å². The Morgan fingerprint density at radius 2 is 2.03 bits per heavy atom. The van der Waals surface area contributed by atoms with E-state index in [0.29, 0.717) is 26.3 Å². The lowest BCUT2D eigenvalue weighted by Gasteiger charge is -2.21. The average Bonchev–Trinajstić information content (AvgIpc) is 3.32. The average molecular weight is 429 g/mol. The molecule has 0 aromatic carbocycles. The maximum absolute atomic E-state index is 13.4.